The maximum atomic E-state index is 13.8. The largest absolute Gasteiger partial charge is 0.392 e. The van der Waals surface area contributed by atoms with Crippen LogP contribution in [0.25, 0.3) is 0 Å². The van der Waals surface area contributed by atoms with Crippen LogP contribution in [-0.2, 0) is 22.7 Å². The smallest absolute Gasteiger partial charge is 0.272 e. The number of benzene rings is 1. The maximum Gasteiger partial charge on any atom is 0.272 e. The van der Waals surface area contributed by atoms with E-state index >= 15 is 0 Å². The van der Waals surface area contributed by atoms with Gasteiger partial charge in [-0.25, -0.2) is 9.37 Å². The summed E-state index contributed by atoms with van der Waals surface area (Å²) in [7, 11) is 0. The lowest BCUT2D eigenvalue weighted by molar-refractivity contribution is -0.125. The molecule has 1 amide bonds. The number of hydrogen-bond donors (Lipinski definition) is 4. The Kier molecular flexibility index (Phi) is 8.67. The highest BCUT2D eigenvalue weighted by atomic mass is 19.1. The second-order valence-electron chi connectivity index (χ2n) is 8.37. The number of carbonyl (C=O) groups is 1. The van der Waals surface area contributed by atoms with Crippen molar-refractivity contribution in [3.63, 3.8) is 0 Å². The molecule has 1 saturated heterocycles. The predicted octanol–water partition coefficient (Wildman–Crippen LogP) is 3.00. The summed E-state index contributed by atoms with van der Waals surface area (Å²) in [5.74, 6) is 0.0992. The fraction of sp³-hybridized carbons (Fsp3) is 0.417. The molecule has 0 aliphatic carbocycles. The number of halogens is 1. The third kappa shape index (κ3) is 6.58. The Morgan fingerprint density at radius 2 is 2.12 bits per heavy atom. The van der Waals surface area contributed by atoms with E-state index in [4.69, 9.17) is 10.1 Å². The monoisotopic (exact) mass is 470 g/mol. The first-order valence-corrected chi connectivity index (χ1v) is 11.2. The molecule has 182 valence electrons. The fourth-order valence-electron chi connectivity index (χ4n) is 3.45. The second kappa shape index (κ2) is 11.7. The highest BCUT2D eigenvalue weighted by molar-refractivity contribution is 6.44. The number of ether oxygens (including phenoxy) is 1. The molecule has 34 heavy (non-hydrogen) atoms. The number of amides is 1. The van der Waals surface area contributed by atoms with Gasteiger partial charge in [-0.15, -0.1) is 0 Å². The Labute approximate surface area is 198 Å². The van der Waals surface area contributed by atoms with Gasteiger partial charge >= 0.3 is 0 Å². The molecule has 1 aliphatic heterocycles. The molecule has 2 heterocycles. The number of rotatable bonds is 7. The fourth-order valence-corrected chi connectivity index (χ4v) is 3.45. The zero-order valence-corrected chi connectivity index (χ0v) is 19.7. The van der Waals surface area contributed by atoms with E-state index in [-0.39, 0.29) is 31.4 Å². The van der Waals surface area contributed by atoms with Crippen molar-refractivity contribution in [2.75, 3.05) is 30.4 Å². The van der Waals surface area contributed by atoms with Crippen molar-refractivity contribution in [2.45, 2.75) is 46.4 Å². The molecule has 1 aliphatic rings. The van der Waals surface area contributed by atoms with Gasteiger partial charge in [0.1, 0.15) is 17.3 Å². The van der Waals surface area contributed by atoms with Gasteiger partial charge in [0.25, 0.3) is 5.91 Å². The molecular formula is C24H31FN6O3. The Morgan fingerprint density at radius 1 is 1.32 bits per heavy atom. The first-order chi connectivity index (χ1) is 16.3. The molecule has 2 aromatic rings. The molecule has 1 aromatic carbocycles. The number of aromatic nitrogens is 2. The number of carbonyl (C=O) groups excluding carboxylic acids is 1. The summed E-state index contributed by atoms with van der Waals surface area (Å²) in [5.41, 5.74) is 2.13. The summed E-state index contributed by atoms with van der Waals surface area (Å²) in [5, 5.41) is 24.4. The molecule has 4 N–H and O–H groups in total. The molecular weight excluding hydrogens is 439 g/mol. The van der Waals surface area contributed by atoms with E-state index in [1.807, 2.05) is 20.8 Å². The van der Waals surface area contributed by atoms with E-state index in [2.05, 4.69) is 20.6 Å². The number of aliphatic hydroxyl groups excluding tert-OH is 1. The van der Waals surface area contributed by atoms with Gasteiger partial charge in [-0.3, -0.25) is 10.2 Å². The summed E-state index contributed by atoms with van der Waals surface area (Å²) in [4.78, 5) is 23.4. The van der Waals surface area contributed by atoms with Crippen LogP contribution in [0, 0.1) is 18.2 Å². The first-order valence-electron chi connectivity index (χ1n) is 11.2. The van der Waals surface area contributed by atoms with Gasteiger partial charge in [-0.1, -0.05) is 6.07 Å². The molecule has 1 aromatic heterocycles. The van der Waals surface area contributed by atoms with E-state index < -0.39 is 11.7 Å². The molecule has 0 radical (unpaired) electrons. The van der Waals surface area contributed by atoms with Gasteiger partial charge in [-0.2, -0.15) is 4.98 Å². The predicted molar refractivity (Wildman–Crippen MR) is 128 cm³/mol. The second-order valence-corrected chi connectivity index (χ2v) is 8.37. The van der Waals surface area contributed by atoms with Gasteiger partial charge in [0.2, 0.25) is 5.95 Å². The van der Waals surface area contributed by atoms with E-state index in [0.717, 1.165) is 5.56 Å². The normalized spacial score (nSPS) is 16.4. The van der Waals surface area contributed by atoms with Crippen LogP contribution in [0.15, 0.2) is 36.2 Å². The SMILES string of the molecule is Cc1cnc(NC(C)C)nc1N/C=C1/CCOCCN(Cc2cc(F)ccc2CO)C(=O)C1=N. The molecule has 3 rings (SSSR count). The van der Waals surface area contributed by atoms with E-state index in [1.54, 1.807) is 12.4 Å². The van der Waals surface area contributed by atoms with Crippen LogP contribution in [0.5, 0.6) is 0 Å². The topological polar surface area (TPSA) is 123 Å². The van der Waals surface area contributed by atoms with E-state index in [9.17, 15) is 14.3 Å². The Bertz CT molecular complexity index is 1070. The van der Waals surface area contributed by atoms with Crippen molar-refractivity contribution in [1.82, 2.24) is 14.9 Å². The number of nitrogens with one attached hydrogen (secondary N) is 3. The minimum Gasteiger partial charge on any atom is -0.392 e. The van der Waals surface area contributed by atoms with E-state index in [0.29, 0.717) is 48.1 Å². The van der Waals surface area contributed by atoms with Crippen molar-refractivity contribution < 1.29 is 19.0 Å². The summed E-state index contributed by atoms with van der Waals surface area (Å²) in [6.45, 7) is 6.52. The number of aryl methyl sites for hydroxylation is 1. The molecule has 0 atom stereocenters. The van der Waals surface area contributed by atoms with Crippen LogP contribution in [0.3, 0.4) is 0 Å². The molecule has 0 saturated carbocycles. The quantitative estimate of drug-likeness (QED) is 0.490. The van der Waals surface area contributed by atoms with Crippen molar-refractivity contribution >= 4 is 23.4 Å². The van der Waals surface area contributed by atoms with Crippen LogP contribution in [0.2, 0.25) is 0 Å². The van der Waals surface area contributed by atoms with Gasteiger partial charge < -0.3 is 25.4 Å². The number of nitrogens with zero attached hydrogens (tertiary/aromatic N) is 3. The van der Waals surface area contributed by atoms with Crippen molar-refractivity contribution in [3.05, 3.63) is 58.7 Å². The van der Waals surface area contributed by atoms with Crippen molar-refractivity contribution in [2.24, 2.45) is 0 Å². The number of anilines is 2. The minimum atomic E-state index is -0.492. The third-order valence-electron chi connectivity index (χ3n) is 5.32. The van der Waals surface area contributed by atoms with Gasteiger partial charge in [-0.05, 0) is 50.5 Å². The van der Waals surface area contributed by atoms with E-state index in [1.165, 1.54) is 23.1 Å². The standard InChI is InChI=1S/C24H31FN6O3/c1-15(2)29-24-28-11-16(3)22(30-24)27-12-17-6-8-34-9-7-31(23(33)21(17)26)13-19-10-20(25)5-4-18(19)14-32/h4-5,10-12,15,26,32H,6-9,13-14H2,1-3H3,(H2,27,28,29,30)/b17-12-,26-21?. The van der Waals surface area contributed by atoms with Crippen LogP contribution in [0.4, 0.5) is 16.2 Å². The highest BCUT2D eigenvalue weighted by Crippen LogP contribution is 2.18. The molecule has 0 bridgehead atoms. The first kappa shape index (κ1) is 25.3. The summed E-state index contributed by atoms with van der Waals surface area (Å²) in [6, 6.07) is 4.23. The molecule has 10 heteroatoms. The Balaban J connectivity index is 1.81. The highest BCUT2D eigenvalue weighted by Gasteiger charge is 2.24. The summed E-state index contributed by atoms with van der Waals surface area (Å²) >= 11 is 0. The minimum absolute atomic E-state index is 0.0637. The zero-order valence-electron chi connectivity index (χ0n) is 19.7. The Morgan fingerprint density at radius 3 is 2.85 bits per heavy atom. The summed E-state index contributed by atoms with van der Waals surface area (Å²) < 4.78 is 19.4. The summed E-state index contributed by atoms with van der Waals surface area (Å²) in [6.07, 6.45) is 3.66. The van der Waals surface area contributed by atoms with Gasteiger partial charge in [0.05, 0.1) is 19.8 Å². The number of hydrogen-bond acceptors (Lipinski definition) is 8. The molecule has 9 nitrogen and oxygen atoms in total. The number of aliphatic hydroxyl groups is 1. The average molecular weight is 471 g/mol. The molecule has 1 fully saturated rings. The average Bonchev–Trinajstić information content (AvgIpc) is 2.86. The third-order valence-corrected chi connectivity index (χ3v) is 5.32. The maximum absolute atomic E-state index is 13.8. The van der Waals surface area contributed by atoms with Crippen LogP contribution < -0.4 is 10.6 Å². The van der Waals surface area contributed by atoms with Gasteiger partial charge in [0.15, 0.2) is 0 Å². The Hall–Kier alpha value is -3.37. The lowest BCUT2D eigenvalue weighted by Crippen LogP contribution is -2.38. The van der Waals surface area contributed by atoms with Crippen molar-refractivity contribution in [1.29, 1.82) is 5.41 Å². The molecule has 0 spiro atoms. The van der Waals surface area contributed by atoms with Crippen molar-refractivity contribution in [3.8, 4) is 0 Å². The van der Waals surface area contributed by atoms with Crippen LogP contribution >= 0.6 is 0 Å². The van der Waals surface area contributed by atoms with Gasteiger partial charge in [0, 0.05) is 42.7 Å². The van der Waals surface area contributed by atoms with Crippen LogP contribution in [-0.4, -0.2) is 57.4 Å². The lowest BCUT2D eigenvalue weighted by atomic mass is 10.1. The lowest BCUT2D eigenvalue weighted by Gasteiger charge is -2.23. The zero-order chi connectivity index (χ0) is 24.7. The van der Waals surface area contributed by atoms with Crippen LogP contribution in [0.1, 0.15) is 37.0 Å². The molecule has 0 unspecified atom stereocenters.